The van der Waals surface area contributed by atoms with E-state index in [1.54, 1.807) is 7.11 Å². The molecule has 2 N–H and O–H groups in total. The number of aliphatic hydroxyl groups is 1. The Bertz CT molecular complexity index is 539. The van der Waals surface area contributed by atoms with Gasteiger partial charge < -0.3 is 19.9 Å². The zero-order valence-corrected chi connectivity index (χ0v) is 12.9. The highest BCUT2D eigenvalue weighted by molar-refractivity contribution is 5.76. The monoisotopic (exact) mass is 305 g/mol. The van der Waals surface area contributed by atoms with Crippen molar-refractivity contribution >= 4 is 5.91 Å². The van der Waals surface area contributed by atoms with Crippen LogP contribution in [0.2, 0.25) is 0 Å². The number of carbonyl (C=O) groups is 1. The third kappa shape index (κ3) is 3.25. The van der Waals surface area contributed by atoms with Gasteiger partial charge in [0.05, 0.1) is 25.4 Å². The highest BCUT2D eigenvalue weighted by Gasteiger charge is 2.36. The second-order valence-corrected chi connectivity index (χ2v) is 6.14. The number of methoxy groups -OCH3 is 1. The van der Waals surface area contributed by atoms with Crippen LogP contribution in [0.4, 0.5) is 0 Å². The van der Waals surface area contributed by atoms with Crippen LogP contribution in [-0.4, -0.2) is 37.4 Å². The van der Waals surface area contributed by atoms with Crippen LogP contribution in [0.1, 0.15) is 36.4 Å². The molecule has 1 saturated carbocycles. The number of benzene rings is 1. The van der Waals surface area contributed by atoms with E-state index in [1.165, 1.54) is 5.56 Å². The van der Waals surface area contributed by atoms with E-state index in [1.807, 2.05) is 12.1 Å². The fourth-order valence-electron chi connectivity index (χ4n) is 3.22. The van der Waals surface area contributed by atoms with E-state index in [0.29, 0.717) is 18.9 Å². The minimum Gasteiger partial charge on any atom is -0.493 e. The Kier molecular flexibility index (Phi) is 4.64. The second kappa shape index (κ2) is 6.67. The molecular formula is C17H23NO4. The van der Waals surface area contributed by atoms with Crippen LogP contribution in [0, 0.1) is 5.92 Å². The Hall–Kier alpha value is -1.59. The Morgan fingerprint density at radius 1 is 1.50 bits per heavy atom. The van der Waals surface area contributed by atoms with Crippen LogP contribution in [0.15, 0.2) is 18.2 Å². The zero-order chi connectivity index (χ0) is 15.5. The standard InChI is InChI=1S/C17H23NO4/c1-21-6-5-16(20)18-17(13-9-14(19)10-13)12-2-3-15-11(8-12)4-7-22-15/h2-3,8,13-14,17,19H,4-7,9-10H2,1H3,(H,18,20)/t13?,14?,17-/m0/s1. The van der Waals surface area contributed by atoms with Crippen LogP contribution in [-0.2, 0) is 16.0 Å². The first kappa shape index (κ1) is 15.3. The number of rotatable bonds is 6. The second-order valence-electron chi connectivity index (χ2n) is 6.14. The molecule has 5 heteroatoms. The van der Waals surface area contributed by atoms with Crippen molar-refractivity contribution in [3.8, 4) is 5.75 Å². The maximum Gasteiger partial charge on any atom is 0.222 e. The summed E-state index contributed by atoms with van der Waals surface area (Å²) in [5, 5.41) is 12.7. The van der Waals surface area contributed by atoms with Gasteiger partial charge in [0.2, 0.25) is 5.91 Å². The van der Waals surface area contributed by atoms with Crippen LogP contribution in [0.3, 0.4) is 0 Å². The van der Waals surface area contributed by atoms with Crippen molar-refractivity contribution in [1.82, 2.24) is 5.32 Å². The van der Waals surface area contributed by atoms with Crippen molar-refractivity contribution in [2.24, 2.45) is 5.92 Å². The molecule has 22 heavy (non-hydrogen) atoms. The fraction of sp³-hybridized carbons (Fsp3) is 0.588. The van der Waals surface area contributed by atoms with Gasteiger partial charge in [-0.15, -0.1) is 0 Å². The molecule has 1 amide bonds. The first-order valence-electron chi connectivity index (χ1n) is 7.89. The molecule has 0 spiro atoms. The van der Waals surface area contributed by atoms with Crippen molar-refractivity contribution in [1.29, 1.82) is 0 Å². The number of hydrogen-bond donors (Lipinski definition) is 2. The average Bonchev–Trinajstić information content (AvgIpc) is 2.95. The predicted molar refractivity (Wildman–Crippen MR) is 81.7 cm³/mol. The van der Waals surface area contributed by atoms with E-state index in [9.17, 15) is 9.90 Å². The lowest BCUT2D eigenvalue weighted by Crippen LogP contribution is -2.41. The smallest absolute Gasteiger partial charge is 0.222 e. The van der Waals surface area contributed by atoms with Crippen molar-refractivity contribution in [2.45, 2.75) is 37.8 Å². The number of carbonyl (C=O) groups excluding carboxylic acids is 1. The maximum absolute atomic E-state index is 12.1. The number of aliphatic hydroxyl groups excluding tert-OH is 1. The Morgan fingerprint density at radius 3 is 3.05 bits per heavy atom. The molecule has 0 aromatic heterocycles. The molecule has 1 aliphatic carbocycles. The molecule has 0 radical (unpaired) electrons. The molecule has 1 aromatic carbocycles. The molecule has 5 nitrogen and oxygen atoms in total. The van der Waals surface area contributed by atoms with Crippen molar-refractivity contribution in [3.05, 3.63) is 29.3 Å². The van der Waals surface area contributed by atoms with Crippen molar-refractivity contribution < 1.29 is 19.4 Å². The SMILES string of the molecule is COCCC(=O)N[C@@H](c1ccc2c(c1)CCO2)C1CC(O)C1. The van der Waals surface area contributed by atoms with Crippen molar-refractivity contribution in [2.75, 3.05) is 20.3 Å². The third-order valence-corrected chi connectivity index (χ3v) is 4.54. The average molecular weight is 305 g/mol. The van der Waals surface area contributed by atoms with Gasteiger partial charge in [-0.25, -0.2) is 0 Å². The minimum atomic E-state index is -0.235. The van der Waals surface area contributed by atoms with Gasteiger partial charge in [0, 0.05) is 20.0 Å². The van der Waals surface area contributed by atoms with E-state index in [-0.39, 0.29) is 18.1 Å². The Labute approximate surface area is 130 Å². The fourth-order valence-corrected chi connectivity index (χ4v) is 3.22. The lowest BCUT2D eigenvalue weighted by Gasteiger charge is -2.38. The van der Waals surface area contributed by atoms with Crippen molar-refractivity contribution in [3.63, 3.8) is 0 Å². The molecule has 3 rings (SSSR count). The van der Waals surface area contributed by atoms with Crippen LogP contribution in [0.5, 0.6) is 5.75 Å². The van der Waals surface area contributed by atoms with Crippen LogP contribution >= 0.6 is 0 Å². The van der Waals surface area contributed by atoms with E-state index >= 15 is 0 Å². The summed E-state index contributed by atoms with van der Waals surface area (Å²) in [5.74, 6) is 1.23. The molecule has 0 saturated heterocycles. The minimum absolute atomic E-state index is 0.00927. The van der Waals surface area contributed by atoms with Gasteiger partial charge in [-0.3, -0.25) is 4.79 Å². The summed E-state index contributed by atoms with van der Waals surface area (Å²) in [5.41, 5.74) is 2.31. The molecule has 1 atom stereocenters. The molecule has 1 fully saturated rings. The van der Waals surface area contributed by atoms with Gasteiger partial charge >= 0.3 is 0 Å². The predicted octanol–water partition coefficient (Wildman–Crippen LogP) is 1.59. The summed E-state index contributed by atoms with van der Waals surface area (Å²) in [7, 11) is 1.59. The molecule has 1 aromatic rings. The highest BCUT2D eigenvalue weighted by atomic mass is 16.5. The van der Waals surface area contributed by atoms with E-state index in [4.69, 9.17) is 9.47 Å². The summed E-state index contributed by atoms with van der Waals surface area (Å²) in [6, 6.07) is 6.10. The Morgan fingerprint density at radius 2 is 2.32 bits per heavy atom. The number of nitrogens with one attached hydrogen (secondary N) is 1. The summed E-state index contributed by atoms with van der Waals surface area (Å²) in [6.45, 7) is 1.15. The first-order chi connectivity index (χ1) is 10.7. The molecule has 0 bridgehead atoms. The van der Waals surface area contributed by atoms with E-state index in [2.05, 4.69) is 11.4 Å². The summed E-state index contributed by atoms with van der Waals surface area (Å²) in [4.78, 5) is 12.1. The van der Waals surface area contributed by atoms with Gasteiger partial charge in [0.1, 0.15) is 5.75 Å². The number of fused-ring (bicyclic) bond motifs is 1. The summed E-state index contributed by atoms with van der Waals surface area (Å²) < 4.78 is 10.5. The highest BCUT2D eigenvalue weighted by Crippen LogP contribution is 2.39. The Balaban J connectivity index is 1.74. The van der Waals surface area contributed by atoms with Crippen LogP contribution in [0.25, 0.3) is 0 Å². The summed E-state index contributed by atoms with van der Waals surface area (Å²) in [6.07, 6.45) is 2.52. The molecule has 1 heterocycles. The first-order valence-corrected chi connectivity index (χ1v) is 7.89. The number of hydrogen-bond acceptors (Lipinski definition) is 4. The largest absolute Gasteiger partial charge is 0.493 e. The lowest BCUT2D eigenvalue weighted by molar-refractivity contribution is -0.123. The molecule has 2 aliphatic rings. The molecular weight excluding hydrogens is 282 g/mol. The van der Waals surface area contributed by atoms with Gasteiger partial charge in [0.15, 0.2) is 0 Å². The van der Waals surface area contributed by atoms with E-state index < -0.39 is 0 Å². The topological polar surface area (TPSA) is 67.8 Å². The van der Waals surface area contributed by atoms with E-state index in [0.717, 1.165) is 37.2 Å². The summed E-state index contributed by atoms with van der Waals surface area (Å²) >= 11 is 0. The van der Waals surface area contributed by atoms with Gasteiger partial charge in [0.25, 0.3) is 0 Å². The van der Waals surface area contributed by atoms with Crippen LogP contribution < -0.4 is 10.1 Å². The lowest BCUT2D eigenvalue weighted by atomic mass is 9.75. The normalized spacial score (nSPS) is 24.1. The van der Waals surface area contributed by atoms with Gasteiger partial charge in [-0.1, -0.05) is 6.07 Å². The third-order valence-electron chi connectivity index (χ3n) is 4.54. The van der Waals surface area contributed by atoms with Gasteiger partial charge in [-0.05, 0) is 42.0 Å². The van der Waals surface area contributed by atoms with Gasteiger partial charge in [-0.2, -0.15) is 0 Å². The quantitative estimate of drug-likeness (QED) is 0.837. The molecule has 120 valence electrons. The zero-order valence-electron chi connectivity index (χ0n) is 12.9. The number of ether oxygens (including phenoxy) is 2. The number of amides is 1. The molecule has 0 unspecified atom stereocenters. The maximum atomic E-state index is 12.1. The molecule has 1 aliphatic heterocycles.